The molecule has 1 N–H and O–H groups in total. The standard InChI is InChI=1S/C12H16BrNO2S/c13-11-5-4-10(17-11)12(15)14-7-6-9-3-1-2-8-16-9/h4-5,9H,1-3,6-8H2,(H,14,15). The third kappa shape index (κ3) is 4.08. The van der Waals surface area contributed by atoms with Gasteiger partial charge in [0.1, 0.15) is 0 Å². The Balaban J connectivity index is 1.69. The molecule has 0 spiro atoms. The molecule has 1 aromatic heterocycles. The number of nitrogens with one attached hydrogen (secondary N) is 1. The summed E-state index contributed by atoms with van der Waals surface area (Å²) in [6.45, 7) is 1.56. The highest BCUT2D eigenvalue weighted by atomic mass is 79.9. The minimum atomic E-state index is 0.0107. The summed E-state index contributed by atoms with van der Waals surface area (Å²) in [5, 5.41) is 2.93. The average molecular weight is 318 g/mol. The van der Waals surface area contributed by atoms with Crippen LogP contribution in [0, 0.1) is 0 Å². The molecule has 0 bridgehead atoms. The highest BCUT2D eigenvalue weighted by Crippen LogP contribution is 2.22. The number of rotatable bonds is 4. The molecule has 1 saturated heterocycles. The summed E-state index contributed by atoms with van der Waals surface area (Å²) >= 11 is 4.80. The summed E-state index contributed by atoms with van der Waals surface area (Å²) < 4.78 is 6.60. The zero-order valence-corrected chi connectivity index (χ0v) is 12.0. The number of ether oxygens (including phenoxy) is 1. The van der Waals surface area contributed by atoms with Crippen LogP contribution in [0.15, 0.2) is 15.9 Å². The van der Waals surface area contributed by atoms with Crippen molar-refractivity contribution in [2.45, 2.75) is 31.8 Å². The summed E-state index contributed by atoms with van der Waals surface area (Å²) in [5.41, 5.74) is 0. The molecule has 2 rings (SSSR count). The molecule has 1 aliphatic rings. The van der Waals surface area contributed by atoms with E-state index in [0.29, 0.717) is 12.6 Å². The Bertz CT molecular complexity index is 374. The van der Waals surface area contributed by atoms with Crippen molar-refractivity contribution in [2.75, 3.05) is 13.2 Å². The number of hydrogen-bond donors (Lipinski definition) is 1. The van der Waals surface area contributed by atoms with Gasteiger partial charge in [-0.2, -0.15) is 0 Å². The third-order valence-electron chi connectivity index (χ3n) is 2.82. The topological polar surface area (TPSA) is 38.3 Å². The van der Waals surface area contributed by atoms with Crippen LogP contribution in [0.2, 0.25) is 0 Å². The monoisotopic (exact) mass is 317 g/mol. The molecular formula is C12H16BrNO2S. The van der Waals surface area contributed by atoms with Crippen molar-refractivity contribution < 1.29 is 9.53 Å². The molecule has 5 heteroatoms. The van der Waals surface area contributed by atoms with Gasteiger partial charge in [0, 0.05) is 13.2 Å². The molecule has 1 fully saturated rings. The number of thiophene rings is 1. The Kier molecular flexibility index (Phi) is 5.00. The quantitative estimate of drug-likeness (QED) is 0.926. The first-order valence-electron chi connectivity index (χ1n) is 5.91. The van der Waals surface area contributed by atoms with Crippen LogP contribution in [-0.4, -0.2) is 25.2 Å². The van der Waals surface area contributed by atoms with Gasteiger partial charge in [-0.1, -0.05) is 0 Å². The van der Waals surface area contributed by atoms with Crippen molar-refractivity contribution in [2.24, 2.45) is 0 Å². The molecule has 3 nitrogen and oxygen atoms in total. The van der Waals surface area contributed by atoms with Crippen LogP contribution >= 0.6 is 27.3 Å². The molecule has 2 heterocycles. The van der Waals surface area contributed by atoms with Gasteiger partial charge in [0.05, 0.1) is 14.8 Å². The Morgan fingerprint density at radius 1 is 1.53 bits per heavy atom. The molecule has 0 radical (unpaired) electrons. The predicted octanol–water partition coefficient (Wildman–Crippen LogP) is 3.20. The zero-order chi connectivity index (χ0) is 12.1. The van der Waals surface area contributed by atoms with E-state index in [0.717, 1.165) is 28.1 Å². The first-order chi connectivity index (χ1) is 8.25. The summed E-state index contributed by atoms with van der Waals surface area (Å²) in [6.07, 6.45) is 4.79. The molecule has 17 heavy (non-hydrogen) atoms. The van der Waals surface area contributed by atoms with E-state index in [-0.39, 0.29) is 5.91 Å². The first-order valence-corrected chi connectivity index (χ1v) is 7.52. The van der Waals surface area contributed by atoms with Crippen molar-refractivity contribution in [3.05, 3.63) is 20.8 Å². The lowest BCUT2D eigenvalue weighted by atomic mass is 10.1. The van der Waals surface area contributed by atoms with Gasteiger partial charge in [-0.05, 0) is 53.7 Å². The van der Waals surface area contributed by atoms with E-state index < -0.39 is 0 Å². The zero-order valence-electron chi connectivity index (χ0n) is 9.58. The van der Waals surface area contributed by atoms with Crippen LogP contribution in [0.3, 0.4) is 0 Å². The van der Waals surface area contributed by atoms with Crippen LogP contribution in [0.4, 0.5) is 0 Å². The molecule has 1 amide bonds. The first kappa shape index (κ1) is 13.1. The Labute approximate surface area is 114 Å². The van der Waals surface area contributed by atoms with Gasteiger partial charge in [0.25, 0.3) is 5.91 Å². The number of carbonyl (C=O) groups is 1. The van der Waals surface area contributed by atoms with E-state index in [1.54, 1.807) is 0 Å². The van der Waals surface area contributed by atoms with E-state index in [4.69, 9.17) is 4.74 Å². The van der Waals surface area contributed by atoms with E-state index in [2.05, 4.69) is 21.2 Å². The van der Waals surface area contributed by atoms with Crippen LogP contribution in [0.5, 0.6) is 0 Å². The summed E-state index contributed by atoms with van der Waals surface area (Å²) in [4.78, 5) is 12.5. The van der Waals surface area contributed by atoms with Gasteiger partial charge in [-0.15, -0.1) is 11.3 Å². The van der Waals surface area contributed by atoms with Crippen molar-refractivity contribution in [3.63, 3.8) is 0 Å². The molecule has 0 aliphatic carbocycles. The lowest BCUT2D eigenvalue weighted by molar-refractivity contribution is 0.0117. The van der Waals surface area contributed by atoms with Gasteiger partial charge in [0.15, 0.2) is 0 Å². The molecule has 94 valence electrons. The minimum Gasteiger partial charge on any atom is -0.378 e. The maximum absolute atomic E-state index is 11.7. The normalized spacial score (nSPS) is 20.2. The highest BCUT2D eigenvalue weighted by Gasteiger charge is 2.14. The van der Waals surface area contributed by atoms with Gasteiger partial charge in [-0.3, -0.25) is 4.79 Å². The van der Waals surface area contributed by atoms with Crippen molar-refractivity contribution in [1.29, 1.82) is 0 Å². The molecule has 1 aliphatic heterocycles. The largest absolute Gasteiger partial charge is 0.378 e. The summed E-state index contributed by atoms with van der Waals surface area (Å²) in [5.74, 6) is 0.0107. The summed E-state index contributed by atoms with van der Waals surface area (Å²) in [7, 11) is 0. The Hall–Kier alpha value is -0.390. The SMILES string of the molecule is O=C(NCCC1CCCCO1)c1ccc(Br)s1. The number of hydrogen-bond acceptors (Lipinski definition) is 3. The van der Waals surface area contributed by atoms with Gasteiger partial charge in [0.2, 0.25) is 0 Å². The van der Waals surface area contributed by atoms with Crippen LogP contribution in [0.25, 0.3) is 0 Å². The van der Waals surface area contributed by atoms with Crippen LogP contribution < -0.4 is 5.32 Å². The van der Waals surface area contributed by atoms with Crippen molar-refractivity contribution in [1.82, 2.24) is 5.32 Å². The van der Waals surface area contributed by atoms with Crippen molar-refractivity contribution >= 4 is 33.2 Å². The van der Waals surface area contributed by atoms with Crippen LogP contribution in [0.1, 0.15) is 35.4 Å². The van der Waals surface area contributed by atoms with Gasteiger partial charge in [-0.25, -0.2) is 0 Å². The van der Waals surface area contributed by atoms with E-state index in [1.165, 1.54) is 24.2 Å². The molecule has 0 aromatic carbocycles. The second kappa shape index (κ2) is 6.52. The van der Waals surface area contributed by atoms with Crippen molar-refractivity contribution in [3.8, 4) is 0 Å². The second-order valence-electron chi connectivity index (χ2n) is 4.14. The smallest absolute Gasteiger partial charge is 0.261 e. The maximum atomic E-state index is 11.7. The van der Waals surface area contributed by atoms with E-state index in [1.807, 2.05) is 12.1 Å². The van der Waals surface area contributed by atoms with Gasteiger partial charge >= 0.3 is 0 Å². The predicted molar refractivity (Wildman–Crippen MR) is 72.6 cm³/mol. The molecule has 1 aromatic rings. The van der Waals surface area contributed by atoms with Gasteiger partial charge < -0.3 is 10.1 Å². The average Bonchev–Trinajstić information content (AvgIpc) is 2.77. The number of amides is 1. The second-order valence-corrected chi connectivity index (χ2v) is 6.60. The lowest BCUT2D eigenvalue weighted by Crippen LogP contribution is -2.28. The van der Waals surface area contributed by atoms with Crippen LogP contribution in [-0.2, 0) is 4.74 Å². The fourth-order valence-corrected chi connectivity index (χ4v) is 3.21. The summed E-state index contributed by atoms with van der Waals surface area (Å²) in [6, 6.07) is 3.73. The Morgan fingerprint density at radius 3 is 3.06 bits per heavy atom. The third-order valence-corrected chi connectivity index (χ3v) is 4.45. The number of carbonyl (C=O) groups excluding carboxylic acids is 1. The highest BCUT2D eigenvalue weighted by molar-refractivity contribution is 9.11. The minimum absolute atomic E-state index is 0.0107. The number of halogens is 1. The fraction of sp³-hybridized carbons (Fsp3) is 0.583. The lowest BCUT2D eigenvalue weighted by Gasteiger charge is -2.22. The maximum Gasteiger partial charge on any atom is 0.261 e. The van der Waals surface area contributed by atoms with E-state index in [9.17, 15) is 4.79 Å². The molecule has 1 atom stereocenters. The molecule has 0 saturated carbocycles. The molecule has 1 unspecified atom stereocenters. The Morgan fingerprint density at radius 2 is 2.41 bits per heavy atom. The fourth-order valence-electron chi connectivity index (χ4n) is 1.91. The van der Waals surface area contributed by atoms with E-state index >= 15 is 0 Å². The molecular weight excluding hydrogens is 302 g/mol.